The fourth-order valence-corrected chi connectivity index (χ4v) is 3.19. The second-order valence-corrected chi connectivity index (χ2v) is 6.39. The van der Waals surface area contributed by atoms with Gasteiger partial charge in [0, 0.05) is 6.54 Å². The van der Waals surface area contributed by atoms with E-state index in [4.69, 9.17) is 0 Å². The Hall–Kier alpha value is -1.96. The summed E-state index contributed by atoms with van der Waals surface area (Å²) in [5, 5.41) is 17.9. The first-order chi connectivity index (χ1) is 11.5. The van der Waals surface area contributed by atoms with E-state index in [1.165, 1.54) is 30.4 Å². The molecule has 0 aliphatic carbocycles. The maximum Gasteiger partial charge on any atom is 0.312 e. The fraction of sp³-hybridized carbons (Fsp3) is 0.750. The minimum atomic E-state index is -0.451. The lowest BCUT2D eigenvalue weighted by molar-refractivity contribution is -0.386. The van der Waals surface area contributed by atoms with Gasteiger partial charge in [-0.25, -0.2) is 0 Å². The van der Waals surface area contributed by atoms with Crippen molar-refractivity contribution in [3.63, 3.8) is 0 Å². The molecular weight excluding hydrogens is 310 g/mol. The first-order valence-electron chi connectivity index (χ1n) is 8.66. The van der Waals surface area contributed by atoms with Crippen LogP contribution in [0.15, 0.2) is 0 Å². The summed E-state index contributed by atoms with van der Waals surface area (Å²) in [5.41, 5.74) is 0.743. The van der Waals surface area contributed by atoms with E-state index in [2.05, 4.69) is 15.3 Å². The molecule has 1 aromatic rings. The number of carbonyl (C=O) groups is 1. The van der Waals surface area contributed by atoms with E-state index < -0.39 is 4.92 Å². The van der Waals surface area contributed by atoms with Crippen molar-refractivity contribution < 1.29 is 9.72 Å². The molecular formula is C16H27N5O3. The van der Waals surface area contributed by atoms with Crippen LogP contribution in [0, 0.1) is 24.0 Å². The van der Waals surface area contributed by atoms with E-state index in [1.54, 1.807) is 13.8 Å². The first kappa shape index (κ1) is 18.4. The number of likely N-dealkylation sites (tertiary alicyclic amines) is 1. The number of rotatable bonds is 7. The van der Waals surface area contributed by atoms with Gasteiger partial charge in [-0.3, -0.25) is 19.6 Å². The molecule has 134 valence electrons. The molecule has 0 spiro atoms. The summed E-state index contributed by atoms with van der Waals surface area (Å²) in [7, 11) is 0. The predicted octanol–water partition coefficient (Wildman–Crippen LogP) is 1.79. The number of nitrogens with zero attached hydrogens (tertiary/aromatic N) is 4. The van der Waals surface area contributed by atoms with Crippen molar-refractivity contribution >= 4 is 11.6 Å². The number of nitrogens with one attached hydrogen (secondary N) is 1. The van der Waals surface area contributed by atoms with E-state index >= 15 is 0 Å². The molecule has 0 aromatic carbocycles. The van der Waals surface area contributed by atoms with Crippen molar-refractivity contribution in [1.82, 2.24) is 20.0 Å². The van der Waals surface area contributed by atoms with Gasteiger partial charge in [-0.2, -0.15) is 5.10 Å². The minimum Gasteiger partial charge on any atom is -0.354 e. The monoisotopic (exact) mass is 337 g/mol. The fourth-order valence-electron chi connectivity index (χ4n) is 3.19. The number of aromatic nitrogens is 2. The molecule has 1 aliphatic rings. The Kier molecular flexibility index (Phi) is 6.72. The quantitative estimate of drug-likeness (QED) is 0.465. The third kappa shape index (κ3) is 5.02. The molecule has 0 unspecified atom stereocenters. The average Bonchev–Trinajstić information content (AvgIpc) is 2.71. The maximum atomic E-state index is 12.0. The van der Waals surface area contributed by atoms with E-state index in [1.807, 2.05) is 0 Å². The molecule has 0 bridgehead atoms. The van der Waals surface area contributed by atoms with Gasteiger partial charge >= 0.3 is 5.69 Å². The van der Waals surface area contributed by atoms with E-state index in [0.717, 1.165) is 26.1 Å². The SMILES string of the molecule is Cc1nn(CC(=O)NCCCN2CCCCCC2)c(C)c1[N+](=O)[O-]. The van der Waals surface area contributed by atoms with Crippen LogP contribution in [-0.4, -0.2) is 51.7 Å². The average molecular weight is 337 g/mol. The van der Waals surface area contributed by atoms with Crippen molar-refractivity contribution in [2.75, 3.05) is 26.2 Å². The molecule has 1 aromatic heterocycles. The summed E-state index contributed by atoms with van der Waals surface area (Å²) < 4.78 is 1.40. The zero-order chi connectivity index (χ0) is 17.5. The van der Waals surface area contributed by atoms with E-state index in [0.29, 0.717) is 17.9 Å². The Bertz CT molecular complexity index is 577. The van der Waals surface area contributed by atoms with Crippen molar-refractivity contribution in [3.05, 3.63) is 21.5 Å². The summed E-state index contributed by atoms with van der Waals surface area (Å²) in [4.78, 5) is 25.0. The Morgan fingerprint density at radius 2 is 1.92 bits per heavy atom. The van der Waals surface area contributed by atoms with Gasteiger partial charge in [0.25, 0.3) is 0 Å². The van der Waals surface area contributed by atoms with Gasteiger partial charge in [0.05, 0.1) is 4.92 Å². The van der Waals surface area contributed by atoms with Gasteiger partial charge < -0.3 is 10.2 Å². The second-order valence-electron chi connectivity index (χ2n) is 6.39. The van der Waals surface area contributed by atoms with E-state index in [9.17, 15) is 14.9 Å². The predicted molar refractivity (Wildman–Crippen MR) is 90.9 cm³/mol. The largest absolute Gasteiger partial charge is 0.354 e. The van der Waals surface area contributed by atoms with Crippen LogP contribution in [-0.2, 0) is 11.3 Å². The van der Waals surface area contributed by atoms with Gasteiger partial charge in [-0.1, -0.05) is 12.8 Å². The molecule has 0 atom stereocenters. The molecule has 1 N–H and O–H groups in total. The second kappa shape index (κ2) is 8.77. The molecule has 0 saturated carbocycles. The molecule has 1 aliphatic heterocycles. The van der Waals surface area contributed by atoms with Crippen molar-refractivity contribution in [2.24, 2.45) is 0 Å². The molecule has 1 saturated heterocycles. The van der Waals surface area contributed by atoms with Crippen LogP contribution in [0.4, 0.5) is 5.69 Å². The topological polar surface area (TPSA) is 93.3 Å². The van der Waals surface area contributed by atoms with Gasteiger partial charge in [0.1, 0.15) is 17.9 Å². The van der Waals surface area contributed by atoms with Crippen LogP contribution in [0.1, 0.15) is 43.5 Å². The number of hydrogen-bond acceptors (Lipinski definition) is 5. The number of aryl methyl sites for hydroxylation is 1. The normalized spacial score (nSPS) is 15.9. The number of nitro groups is 1. The summed E-state index contributed by atoms with van der Waals surface area (Å²) in [6, 6.07) is 0. The van der Waals surface area contributed by atoms with Crippen molar-refractivity contribution in [1.29, 1.82) is 0 Å². The zero-order valence-corrected chi connectivity index (χ0v) is 14.6. The van der Waals surface area contributed by atoms with Crippen LogP contribution < -0.4 is 5.32 Å². The summed E-state index contributed by atoms with van der Waals surface area (Å²) in [5.74, 6) is -0.161. The Morgan fingerprint density at radius 3 is 2.50 bits per heavy atom. The van der Waals surface area contributed by atoms with Gasteiger partial charge in [0.2, 0.25) is 5.91 Å². The lowest BCUT2D eigenvalue weighted by Crippen LogP contribution is -2.32. The maximum absolute atomic E-state index is 12.0. The molecule has 0 radical (unpaired) electrons. The van der Waals surface area contributed by atoms with Gasteiger partial charge in [-0.15, -0.1) is 0 Å². The molecule has 24 heavy (non-hydrogen) atoms. The highest BCUT2D eigenvalue weighted by Crippen LogP contribution is 2.21. The Morgan fingerprint density at radius 1 is 1.25 bits per heavy atom. The third-order valence-electron chi connectivity index (χ3n) is 4.49. The zero-order valence-electron chi connectivity index (χ0n) is 14.6. The molecule has 1 fully saturated rings. The van der Waals surface area contributed by atoms with Crippen LogP contribution in [0.3, 0.4) is 0 Å². The number of amides is 1. The Balaban J connectivity index is 1.73. The number of hydrogen-bond donors (Lipinski definition) is 1. The van der Waals surface area contributed by atoms with Crippen LogP contribution in [0.25, 0.3) is 0 Å². The molecule has 2 heterocycles. The van der Waals surface area contributed by atoms with E-state index in [-0.39, 0.29) is 18.1 Å². The third-order valence-corrected chi connectivity index (χ3v) is 4.49. The molecule has 8 heteroatoms. The smallest absolute Gasteiger partial charge is 0.312 e. The highest BCUT2D eigenvalue weighted by molar-refractivity contribution is 5.75. The summed E-state index contributed by atoms with van der Waals surface area (Å²) >= 11 is 0. The van der Waals surface area contributed by atoms with Crippen LogP contribution >= 0.6 is 0 Å². The Labute approximate surface area is 142 Å². The highest BCUT2D eigenvalue weighted by Gasteiger charge is 2.22. The standard InChI is InChI=1S/C16H27N5O3/c1-13-16(21(23)24)14(2)20(18-13)12-15(22)17-8-7-11-19-9-5-3-4-6-10-19/h3-12H2,1-2H3,(H,17,22). The summed E-state index contributed by atoms with van der Waals surface area (Å²) in [6.07, 6.45) is 6.10. The van der Waals surface area contributed by atoms with Gasteiger partial charge in [0.15, 0.2) is 0 Å². The first-order valence-corrected chi connectivity index (χ1v) is 8.66. The molecule has 1 amide bonds. The summed E-state index contributed by atoms with van der Waals surface area (Å²) in [6.45, 7) is 7.16. The highest BCUT2D eigenvalue weighted by atomic mass is 16.6. The number of carbonyl (C=O) groups excluding carboxylic acids is 1. The lowest BCUT2D eigenvalue weighted by Gasteiger charge is -2.19. The van der Waals surface area contributed by atoms with Crippen molar-refractivity contribution in [3.8, 4) is 0 Å². The van der Waals surface area contributed by atoms with Crippen molar-refractivity contribution in [2.45, 2.75) is 52.5 Å². The lowest BCUT2D eigenvalue weighted by atomic mass is 10.2. The van der Waals surface area contributed by atoms with Crippen LogP contribution in [0.5, 0.6) is 0 Å². The molecule has 8 nitrogen and oxygen atoms in total. The molecule has 2 rings (SSSR count). The van der Waals surface area contributed by atoms with Crippen LogP contribution in [0.2, 0.25) is 0 Å². The minimum absolute atomic E-state index is 0.0102. The van der Waals surface area contributed by atoms with Gasteiger partial charge in [-0.05, 0) is 52.7 Å².